The molecule has 0 amide bonds. The molecule has 0 atom stereocenters. The Morgan fingerprint density at radius 1 is 1.09 bits per heavy atom. The summed E-state index contributed by atoms with van der Waals surface area (Å²) in [5, 5.41) is 2.51. The van der Waals surface area contributed by atoms with Crippen LogP contribution in [0.2, 0.25) is 18.1 Å². The second kappa shape index (κ2) is 9.23. The van der Waals surface area contributed by atoms with Crippen LogP contribution in [0.5, 0.6) is 11.5 Å². The summed E-state index contributed by atoms with van der Waals surface area (Å²) in [4.78, 5) is 14.0. The molecule has 0 N–H and O–H groups in total. The van der Waals surface area contributed by atoms with Gasteiger partial charge in [0.05, 0.1) is 19.6 Å². The largest absolute Gasteiger partial charge is 0.496 e. The smallest absolute Gasteiger partial charge is 0.229 e. The molecule has 0 aliphatic carbocycles. The Labute approximate surface area is 211 Å². The Morgan fingerprint density at radius 3 is 2.06 bits per heavy atom. The van der Waals surface area contributed by atoms with Gasteiger partial charge in [-0.2, -0.15) is 0 Å². The molecule has 0 spiro atoms. The van der Waals surface area contributed by atoms with Gasteiger partial charge in [-0.3, -0.25) is 4.79 Å². The number of hydrogen-bond donors (Lipinski definition) is 0. The van der Waals surface area contributed by atoms with Crippen LogP contribution in [-0.4, -0.2) is 28.1 Å². The molecule has 0 saturated heterocycles. The first-order chi connectivity index (χ1) is 15.8. The summed E-state index contributed by atoms with van der Waals surface area (Å²) < 4.78 is 18.2. The van der Waals surface area contributed by atoms with Gasteiger partial charge in [-0.1, -0.05) is 69.0 Å². The number of fused-ring (bicyclic) bond motifs is 1. The molecule has 6 heteroatoms. The Balaban J connectivity index is 2.33. The number of benzene rings is 2. The number of carbonyl (C=O) groups excluding carboxylic acids is 1. The van der Waals surface area contributed by atoms with E-state index in [2.05, 4.69) is 63.0 Å². The standard InChI is InChI=1S/C28H33BrO4Si/c1-11-17-24(16(2)3)26(33-27(17)34(9,10)28(4,5)6)25(30)20-14-18-19(15-21(20)29)23(32-8)13-12-22(18)31-7/h11-15H,1-2H2,3-10H3. The molecule has 0 bridgehead atoms. The van der Waals surface area contributed by atoms with Gasteiger partial charge < -0.3 is 13.9 Å². The van der Waals surface area contributed by atoms with Crippen molar-refractivity contribution >= 4 is 57.6 Å². The number of hydrogen-bond acceptors (Lipinski definition) is 4. The second-order valence-corrected chi connectivity index (χ2v) is 16.1. The van der Waals surface area contributed by atoms with Crippen molar-refractivity contribution in [2.24, 2.45) is 0 Å². The third-order valence-corrected chi connectivity index (χ3v) is 12.8. The highest BCUT2D eigenvalue weighted by atomic mass is 79.9. The van der Waals surface area contributed by atoms with Gasteiger partial charge in [0.1, 0.15) is 19.6 Å². The van der Waals surface area contributed by atoms with E-state index in [0.29, 0.717) is 27.3 Å². The van der Waals surface area contributed by atoms with E-state index in [0.717, 1.165) is 32.9 Å². The van der Waals surface area contributed by atoms with Gasteiger partial charge in [0.15, 0.2) is 5.76 Å². The summed E-state index contributed by atoms with van der Waals surface area (Å²) >= 11 is 3.61. The Morgan fingerprint density at radius 2 is 1.62 bits per heavy atom. The van der Waals surface area contributed by atoms with Crippen molar-refractivity contribution in [2.45, 2.75) is 45.8 Å². The fourth-order valence-electron chi connectivity index (χ4n) is 3.99. The molecule has 1 aromatic heterocycles. The topological polar surface area (TPSA) is 48.7 Å². The van der Waals surface area contributed by atoms with E-state index in [1.807, 2.05) is 31.2 Å². The van der Waals surface area contributed by atoms with Gasteiger partial charge in [-0.25, -0.2) is 0 Å². The number of carbonyl (C=O) groups is 1. The Hall–Kier alpha value is -2.57. The highest BCUT2D eigenvalue weighted by Gasteiger charge is 2.43. The molecule has 34 heavy (non-hydrogen) atoms. The third-order valence-electron chi connectivity index (χ3n) is 6.93. The van der Waals surface area contributed by atoms with Crippen molar-refractivity contribution in [3.05, 3.63) is 64.3 Å². The van der Waals surface area contributed by atoms with Crippen molar-refractivity contribution in [3.8, 4) is 11.5 Å². The van der Waals surface area contributed by atoms with Crippen molar-refractivity contribution < 1.29 is 18.7 Å². The van der Waals surface area contributed by atoms with Gasteiger partial charge >= 0.3 is 0 Å². The molecular weight excluding hydrogens is 508 g/mol. The van der Waals surface area contributed by atoms with Gasteiger partial charge in [-0.15, -0.1) is 0 Å². The lowest BCUT2D eigenvalue weighted by Crippen LogP contribution is -2.50. The highest BCUT2D eigenvalue weighted by molar-refractivity contribution is 9.10. The van der Waals surface area contributed by atoms with E-state index >= 15 is 0 Å². The lowest BCUT2D eigenvalue weighted by Gasteiger charge is -2.35. The fourth-order valence-corrected chi connectivity index (χ4v) is 6.45. The van der Waals surface area contributed by atoms with Crippen LogP contribution < -0.4 is 14.9 Å². The molecule has 2 aromatic carbocycles. The zero-order valence-corrected chi connectivity index (χ0v) is 23.9. The number of allylic oxidation sites excluding steroid dienone is 1. The van der Waals surface area contributed by atoms with Crippen LogP contribution in [-0.2, 0) is 0 Å². The molecule has 3 rings (SSSR count). The van der Waals surface area contributed by atoms with E-state index in [1.165, 1.54) is 0 Å². The molecule has 0 unspecified atom stereocenters. The number of furan rings is 1. The molecule has 0 saturated carbocycles. The summed E-state index contributed by atoms with van der Waals surface area (Å²) in [7, 11) is 1.12. The molecule has 180 valence electrons. The number of rotatable bonds is 7. The van der Waals surface area contributed by atoms with Crippen molar-refractivity contribution in [1.82, 2.24) is 0 Å². The normalized spacial score (nSPS) is 12.0. The summed E-state index contributed by atoms with van der Waals surface area (Å²) in [6.07, 6.45) is 1.80. The van der Waals surface area contributed by atoms with Gasteiger partial charge in [0, 0.05) is 31.9 Å². The number of methoxy groups -OCH3 is 2. The summed E-state index contributed by atoms with van der Waals surface area (Å²) in [6.45, 7) is 21.3. The van der Waals surface area contributed by atoms with Crippen molar-refractivity contribution in [1.29, 1.82) is 0 Å². The van der Waals surface area contributed by atoms with Crippen molar-refractivity contribution in [2.75, 3.05) is 14.2 Å². The maximum atomic E-state index is 14.0. The number of ketones is 1. The maximum absolute atomic E-state index is 14.0. The molecule has 0 fully saturated rings. The second-order valence-electron chi connectivity index (χ2n) is 10.1. The minimum Gasteiger partial charge on any atom is -0.496 e. The molecule has 3 aromatic rings. The predicted molar refractivity (Wildman–Crippen MR) is 149 cm³/mol. The zero-order chi connectivity index (χ0) is 25.6. The Kier molecular flexibility index (Phi) is 7.07. The lowest BCUT2D eigenvalue weighted by atomic mass is 9.97. The molecule has 0 aliphatic heterocycles. The summed E-state index contributed by atoms with van der Waals surface area (Å²) in [5.74, 6) is 1.43. The molecule has 0 radical (unpaired) electrons. The van der Waals surface area contributed by atoms with Gasteiger partial charge in [-0.05, 0) is 41.8 Å². The first-order valence-corrected chi connectivity index (χ1v) is 14.9. The van der Waals surface area contributed by atoms with Crippen LogP contribution >= 0.6 is 15.9 Å². The molecular formula is C28H33BrO4Si. The minimum absolute atomic E-state index is 0.0166. The summed E-state index contributed by atoms with van der Waals surface area (Å²) in [6, 6.07) is 7.40. The van der Waals surface area contributed by atoms with Crippen molar-refractivity contribution in [3.63, 3.8) is 0 Å². The SMILES string of the molecule is C=Cc1c([Si](C)(C)C(C)(C)C)oc(C(=O)c2cc3c(OC)ccc(OC)c3cc2Br)c1C(=C)C. The quantitative estimate of drug-likeness (QED) is 0.226. The van der Waals surface area contributed by atoms with E-state index in [4.69, 9.17) is 13.9 Å². The fraction of sp³-hybridized carbons (Fsp3) is 0.321. The average Bonchev–Trinajstić information content (AvgIpc) is 3.17. The Bertz CT molecular complexity index is 1310. The highest BCUT2D eigenvalue weighted by Crippen LogP contribution is 2.41. The van der Waals surface area contributed by atoms with Crippen LogP contribution in [0.3, 0.4) is 0 Å². The van der Waals surface area contributed by atoms with Crippen LogP contribution in [0, 0.1) is 0 Å². The van der Waals surface area contributed by atoms with Gasteiger partial charge in [0.2, 0.25) is 5.78 Å². The van der Waals surface area contributed by atoms with E-state index in [-0.39, 0.29) is 10.8 Å². The molecule has 1 heterocycles. The molecule has 0 aliphatic rings. The predicted octanol–water partition coefficient (Wildman–Crippen LogP) is 7.84. The van der Waals surface area contributed by atoms with Gasteiger partial charge in [0.25, 0.3) is 0 Å². The zero-order valence-electron chi connectivity index (χ0n) is 21.3. The van der Waals surface area contributed by atoms with E-state index in [1.54, 1.807) is 20.3 Å². The average molecular weight is 542 g/mol. The lowest BCUT2D eigenvalue weighted by molar-refractivity contribution is 0.101. The van der Waals surface area contributed by atoms with Crippen LogP contribution in [0.25, 0.3) is 22.4 Å². The van der Waals surface area contributed by atoms with Crippen LogP contribution in [0.4, 0.5) is 0 Å². The van der Waals surface area contributed by atoms with Crippen LogP contribution in [0.15, 0.2) is 46.3 Å². The molecule has 4 nitrogen and oxygen atoms in total. The monoisotopic (exact) mass is 540 g/mol. The van der Waals surface area contributed by atoms with E-state index < -0.39 is 8.07 Å². The first kappa shape index (κ1) is 26.0. The third kappa shape index (κ3) is 4.18. The minimum atomic E-state index is -2.11. The van der Waals surface area contributed by atoms with E-state index in [9.17, 15) is 4.79 Å². The number of halogens is 1. The number of ether oxygens (including phenoxy) is 2. The first-order valence-electron chi connectivity index (χ1n) is 11.1. The van der Waals surface area contributed by atoms with Crippen LogP contribution in [0.1, 0.15) is 54.9 Å². The maximum Gasteiger partial charge on any atom is 0.229 e. The summed E-state index contributed by atoms with van der Waals surface area (Å²) in [5.41, 5.74) is 2.85.